The van der Waals surface area contributed by atoms with Gasteiger partial charge in [0.05, 0.1) is 5.92 Å². The Kier molecular flexibility index (Phi) is 3.39. The second kappa shape index (κ2) is 4.56. The predicted octanol–water partition coefficient (Wildman–Crippen LogP) is 2.04. The quantitative estimate of drug-likeness (QED) is 0.809. The molecule has 2 fully saturated rings. The Labute approximate surface area is 108 Å². The van der Waals surface area contributed by atoms with Crippen LogP contribution in [0.3, 0.4) is 0 Å². The van der Waals surface area contributed by atoms with Crippen molar-refractivity contribution in [2.24, 2.45) is 23.2 Å². The first-order chi connectivity index (χ1) is 8.28. The fraction of sp³-hybridized carbons (Fsp3) is 0.857. The van der Waals surface area contributed by atoms with Crippen LogP contribution in [0.5, 0.6) is 0 Å². The standard InChI is InChI=1S/C14H23NO3/c1-14(2,3)7-10(16)15-12-9-5-4-8(6-9)11(12)13(17)18/h8-9,11-12H,4-7H2,1-3H3,(H,15,16)(H,17,18). The molecule has 0 heterocycles. The Bertz CT molecular complexity index is 359. The summed E-state index contributed by atoms with van der Waals surface area (Å²) in [6.45, 7) is 6.05. The Morgan fingerprint density at radius 3 is 2.39 bits per heavy atom. The monoisotopic (exact) mass is 253 g/mol. The highest BCUT2D eigenvalue weighted by molar-refractivity contribution is 5.79. The molecule has 2 bridgehead atoms. The molecule has 4 atom stereocenters. The van der Waals surface area contributed by atoms with Gasteiger partial charge in [0.15, 0.2) is 0 Å². The number of fused-ring (bicyclic) bond motifs is 2. The zero-order valence-electron chi connectivity index (χ0n) is 11.4. The highest BCUT2D eigenvalue weighted by atomic mass is 16.4. The maximum atomic E-state index is 12.0. The van der Waals surface area contributed by atoms with Gasteiger partial charge in [0.2, 0.25) is 5.91 Å². The Balaban J connectivity index is 2.00. The molecule has 0 aromatic heterocycles. The van der Waals surface area contributed by atoms with E-state index in [-0.39, 0.29) is 29.2 Å². The van der Waals surface area contributed by atoms with Gasteiger partial charge in [-0.2, -0.15) is 0 Å². The number of hydrogen-bond acceptors (Lipinski definition) is 2. The molecule has 4 nitrogen and oxygen atoms in total. The van der Waals surface area contributed by atoms with E-state index in [1.807, 2.05) is 20.8 Å². The number of carbonyl (C=O) groups is 2. The Morgan fingerprint density at radius 1 is 1.22 bits per heavy atom. The topological polar surface area (TPSA) is 66.4 Å². The fourth-order valence-electron chi connectivity index (χ4n) is 3.57. The van der Waals surface area contributed by atoms with E-state index in [1.165, 1.54) is 0 Å². The van der Waals surface area contributed by atoms with Crippen LogP contribution in [0.1, 0.15) is 46.5 Å². The lowest BCUT2D eigenvalue weighted by atomic mass is 9.84. The lowest BCUT2D eigenvalue weighted by Gasteiger charge is -2.30. The van der Waals surface area contributed by atoms with Crippen LogP contribution in [-0.2, 0) is 9.59 Å². The first kappa shape index (κ1) is 13.4. The van der Waals surface area contributed by atoms with Crippen molar-refractivity contribution in [3.05, 3.63) is 0 Å². The molecule has 0 radical (unpaired) electrons. The summed E-state index contributed by atoms with van der Waals surface area (Å²) in [5.74, 6) is -0.477. The number of rotatable bonds is 3. The van der Waals surface area contributed by atoms with Crippen LogP contribution in [0.15, 0.2) is 0 Å². The van der Waals surface area contributed by atoms with Crippen LogP contribution in [0.4, 0.5) is 0 Å². The van der Waals surface area contributed by atoms with Crippen molar-refractivity contribution in [2.45, 2.75) is 52.5 Å². The molecule has 18 heavy (non-hydrogen) atoms. The average molecular weight is 253 g/mol. The van der Waals surface area contributed by atoms with Crippen LogP contribution in [0.2, 0.25) is 0 Å². The molecule has 2 N–H and O–H groups in total. The zero-order valence-corrected chi connectivity index (χ0v) is 11.4. The number of hydrogen-bond donors (Lipinski definition) is 2. The summed E-state index contributed by atoms with van der Waals surface area (Å²) in [4.78, 5) is 23.3. The van der Waals surface area contributed by atoms with E-state index in [4.69, 9.17) is 0 Å². The summed E-state index contributed by atoms with van der Waals surface area (Å²) in [7, 11) is 0. The Morgan fingerprint density at radius 2 is 1.83 bits per heavy atom. The highest BCUT2D eigenvalue weighted by Gasteiger charge is 2.51. The second-order valence-corrected chi connectivity index (χ2v) is 7.03. The molecule has 4 unspecified atom stereocenters. The van der Waals surface area contributed by atoms with E-state index in [2.05, 4.69) is 5.32 Å². The predicted molar refractivity (Wildman–Crippen MR) is 68.0 cm³/mol. The summed E-state index contributed by atoms with van der Waals surface area (Å²) in [5.41, 5.74) is -0.0551. The van der Waals surface area contributed by atoms with Gasteiger partial charge in [-0.3, -0.25) is 9.59 Å². The summed E-state index contributed by atoms with van der Waals surface area (Å²) in [5, 5.41) is 12.3. The molecule has 0 saturated heterocycles. The van der Waals surface area contributed by atoms with Crippen molar-refractivity contribution < 1.29 is 14.7 Å². The van der Waals surface area contributed by atoms with Crippen molar-refractivity contribution in [1.29, 1.82) is 0 Å². The van der Waals surface area contributed by atoms with Gasteiger partial charge in [0.1, 0.15) is 0 Å². The van der Waals surface area contributed by atoms with E-state index >= 15 is 0 Å². The third-order valence-electron chi connectivity index (χ3n) is 4.22. The molecular weight excluding hydrogens is 230 g/mol. The normalized spacial score (nSPS) is 34.6. The Hall–Kier alpha value is -1.06. The van der Waals surface area contributed by atoms with Gasteiger partial charge < -0.3 is 10.4 Å². The second-order valence-electron chi connectivity index (χ2n) is 7.03. The summed E-state index contributed by atoms with van der Waals surface area (Å²) < 4.78 is 0. The van der Waals surface area contributed by atoms with Gasteiger partial charge in [-0.05, 0) is 36.5 Å². The molecule has 0 aromatic carbocycles. The molecule has 0 aliphatic heterocycles. The fourth-order valence-corrected chi connectivity index (χ4v) is 3.57. The number of carboxylic acid groups (broad SMARTS) is 1. The van der Waals surface area contributed by atoms with Crippen LogP contribution >= 0.6 is 0 Å². The first-order valence-electron chi connectivity index (χ1n) is 6.80. The number of nitrogens with one attached hydrogen (secondary N) is 1. The van der Waals surface area contributed by atoms with Crippen molar-refractivity contribution in [2.75, 3.05) is 0 Å². The minimum Gasteiger partial charge on any atom is -0.481 e. The molecule has 2 rings (SSSR count). The van der Waals surface area contributed by atoms with Gasteiger partial charge in [-0.25, -0.2) is 0 Å². The van der Waals surface area contributed by atoms with E-state index in [0.717, 1.165) is 19.3 Å². The van der Waals surface area contributed by atoms with E-state index in [9.17, 15) is 14.7 Å². The van der Waals surface area contributed by atoms with Crippen molar-refractivity contribution in [3.63, 3.8) is 0 Å². The van der Waals surface area contributed by atoms with Crippen LogP contribution < -0.4 is 5.32 Å². The van der Waals surface area contributed by atoms with E-state index in [1.54, 1.807) is 0 Å². The molecular formula is C14H23NO3. The van der Waals surface area contributed by atoms with Crippen LogP contribution in [0, 0.1) is 23.2 Å². The van der Waals surface area contributed by atoms with Crippen LogP contribution in [0.25, 0.3) is 0 Å². The van der Waals surface area contributed by atoms with Gasteiger partial charge in [0, 0.05) is 12.5 Å². The molecule has 2 aliphatic rings. The lowest BCUT2D eigenvalue weighted by molar-refractivity contribution is -0.144. The number of carbonyl (C=O) groups excluding carboxylic acids is 1. The lowest BCUT2D eigenvalue weighted by Crippen LogP contribution is -2.47. The van der Waals surface area contributed by atoms with Gasteiger partial charge >= 0.3 is 5.97 Å². The largest absolute Gasteiger partial charge is 0.481 e. The number of amides is 1. The molecule has 102 valence electrons. The molecule has 4 heteroatoms. The number of carboxylic acids is 1. The maximum Gasteiger partial charge on any atom is 0.308 e. The SMILES string of the molecule is CC(C)(C)CC(=O)NC1C2CCC(C2)C1C(=O)O. The summed E-state index contributed by atoms with van der Waals surface area (Å²) in [6.07, 6.45) is 3.49. The maximum absolute atomic E-state index is 12.0. The highest BCUT2D eigenvalue weighted by Crippen LogP contribution is 2.48. The zero-order chi connectivity index (χ0) is 13.5. The molecule has 0 aromatic rings. The smallest absolute Gasteiger partial charge is 0.308 e. The van der Waals surface area contributed by atoms with Crippen molar-refractivity contribution in [3.8, 4) is 0 Å². The van der Waals surface area contributed by atoms with Gasteiger partial charge in [-0.15, -0.1) is 0 Å². The molecule has 1 amide bonds. The van der Waals surface area contributed by atoms with Crippen molar-refractivity contribution in [1.82, 2.24) is 5.32 Å². The average Bonchev–Trinajstić information content (AvgIpc) is 2.73. The number of aliphatic carboxylic acids is 1. The van der Waals surface area contributed by atoms with Gasteiger partial charge in [-0.1, -0.05) is 20.8 Å². The third-order valence-corrected chi connectivity index (χ3v) is 4.22. The van der Waals surface area contributed by atoms with E-state index < -0.39 is 5.97 Å². The minimum absolute atomic E-state index is 0.00806. The van der Waals surface area contributed by atoms with Crippen molar-refractivity contribution >= 4 is 11.9 Å². The van der Waals surface area contributed by atoms with Gasteiger partial charge in [0.25, 0.3) is 0 Å². The minimum atomic E-state index is -0.747. The molecule has 2 saturated carbocycles. The molecule has 0 spiro atoms. The first-order valence-corrected chi connectivity index (χ1v) is 6.80. The summed E-state index contributed by atoms with van der Waals surface area (Å²) in [6, 6.07) is -0.143. The van der Waals surface area contributed by atoms with E-state index in [0.29, 0.717) is 12.3 Å². The third kappa shape index (κ3) is 2.68. The van der Waals surface area contributed by atoms with Crippen LogP contribution in [-0.4, -0.2) is 23.0 Å². The molecule has 2 aliphatic carbocycles. The summed E-state index contributed by atoms with van der Waals surface area (Å²) >= 11 is 0.